The number of hydrogen-bond acceptors (Lipinski definition) is 6. The molecule has 0 aromatic heterocycles. The largest absolute Gasteiger partial charge is 0.497 e. The van der Waals surface area contributed by atoms with Crippen molar-refractivity contribution in [3.05, 3.63) is 84.4 Å². The molecule has 0 radical (unpaired) electrons. The number of nitrogens with one attached hydrogen (secondary N) is 1. The molecule has 1 saturated carbocycles. The van der Waals surface area contributed by atoms with Crippen LogP contribution in [-0.4, -0.2) is 57.5 Å². The highest BCUT2D eigenvalue weighted by Gasteiger charge is 2.35. The van der Waals surface area contributed by atoms with E-state index in [2.05, 4.69) is 5.32 Å². The van der Waals surface area contributed by atoms with Gasteiger partial charge in [0, 0.05) is 12.6 Å². The minimum Gasteiger partial charge on any atom is -0.497 e. The third-order valence-corrected chi connectivity index (χ3v) is 9.67. The average molecular weight is 622 g/mol. The molecule has 1 unspecified atom stereocenters. The summed E-state index contributed by atoms with van der Waals surface area (Å²) in [5.74, 6) is 0.276. The van der Waals surface area contributed by atoms with E-state index in [0.717, 1.165) is 42.0 Å². The summed E-state index contributed by atoms with van der Waals surface area (Å²) in [6.07, 6.45) is 5.45. The van der Waals surface area contributed by atoms with Crippen molar-refractivity contribution >= 4 is 27.5 Å². The Morgan fingerprint density at radius 3 is 2.20 bits per heavy atom. The highest BCUT2D eigenvalue weighted by Crippen LogP contribution is 2.33. The number of sulfonamides is 1. The summed E-state index contributed by atoms with van der Waals surface area (Å²) in [7, 11) is -2.61. The van der Waals surface area contributed by atoms with Crippen LogP contribution in [0.4, 0.5) is 5.69 Å². The summed E-state index contributed by atoms with van der Waals surface area (Å²) < 4.78 is 40.4. The summed E-state index contributed by atoms with van der Waals surface area (Å²) in [6, 6.07) is 21.3. The summed E-state index contributed by atoms with van der Waals surface area (Å²) in [4.78, 5) is 29.6. The molecule has 1 aliphatic rings. The van der Waals surface area contributed by atoms with Crippen LogP contribution in [0.5, 0.6) is 11.5 Å². The lowest BCUT2D eigenvalue weighted by Gasteiger charge is -2.34. The minimum atomic E-state index is -4.19. The molecule has 2 amide bonds. The fraction of sp³-hybridized carbons (Fsp3) is 0.412. The first-order valence-electron chi connectivity index (χ1n) is 15.3. The monoisotopic (exact) mass is 621 g/mol. The average Bonchev–Trinajstić information content (AvgIpc) is 3.05. The van der Waals surface area contributed by atoms with Gasteiger partial charge in [-0.25, -0.2) is 8.42 Å². The second-order valence-corrected chi connectivity index (χ2v) is 12.7. The molecular formula is C34H43N3O6S. The topological polar surface area (TPSA) is 105 Å². The molecular weight excluding hydrogens is 578 g/mol. The van der Waals surface area contributed by atoms with Gasteiger partial charge in [-0.3, -0.25) is 13.9 Å². The van der Waals surface area contributed by atoms with E-state index in [1.165, 1.54) is 17.0 Å². The second-order valence-electron chi connectivity index (χ2n) is 10.9. The summed E-state index contributed by atoms with van der Waals surface area (Å²) >= 11 is 0. The third-order valence-electron chi connectivity index (χ3n) is 7.89. The predicted molar refractivity (Wildman–Crippen MR) is 171 cm³/mol. The molecule has 44 heavy (non-hydrogen) atoms. The van der Waals surface area contributed by atoms with Crippen LogP contribution in [0.25, 0.3) is 0 Å². The van der Waals surface area contributed by atoms with Gasteiger partial charge in [-0.1, -0.05) is 68.7 Å². The van der Waals surface area contributed by atoms with Gasteiger partial charge in [-0.05, 0) is 68.1 Å². The Balaban J connectivity index is 1.73. The molecule has 0 bridgehead atoms. The van der Waals surface area contributed by atoms with Crippen LogP contribution in [0.2, 0.25) is 0 Å². The van der Waals surface area contributed by atoms with Gasteiger partial charge in [0.05, 0.1) is 24.3 Å². The van der Waals surface area contributed by atoms with E-state index < -0.39 is 28.5 Å². The van der Waals surface area contributed by atoms with Gasteiger partial charge in [0.15, 0.2) is 0 Å². The molecule has 1 atom stereocenters. The van der Waals surface area contributed by atoms with Crippen molar-refractivity contribution in [3.63, 3.8) is 0 Å². The first-order chi connectivity index (χ1) is 21.3. The van der Waals surface area contributed by atoms with E-state index in [-0.39, 0.29) is 29.1 Å². The van der Waals surface area contributed by atoms with Crippen LogP contribution in [0.15, 0.2) is 83.8 Å². The molecule has 0 saturated heterocycles. The molecule has 10 heteroatoms. The highest BCUT2D eigenvalue weighted by atomic mass is 32.2. The zero-order valence-corrected chi connectivity index (χ0v) is 26.6. The molecule has 0 heterocycles. The predicted octanol–water partition coefficient (Wildman–Crippen LogP) is 5.55. The van der Waals surface area contributed by atoms with E-state index in [9.17, 15) is 18.0 Å². The Labute approximate surface area is 261 Å². The molecule has 0 spiro atoms. The Hall–Kier alpha value is -4.05. The minimum absolute atomic E-state index is 0.0443. The van der Waals surface area contributed by atoms with Gasteiger partial charge in [0.1, 0.15) is 24.1 Å². The molecule has 9 nitrogen and oxygen atoms in total. The van der Waals surface area contributed by atoms with E-state index in [1.54, 1.807) is 61.7 Å². The Morgan fingerprint density at radius 2 is 1.57 bits per heavy atom. The van der Waals surface area contributed by atoms with E-state index in [1.807, 2.05) is 26.0 Å². The van der Waals surface area contributed by atoms with Gasteiger partial charge >= 0.3 is 0 Å². The van der Waals surface area contributed by atoms with Gasteiger partial charge < -0.3 is 19.7 Å². The van der Waals surface area contributed by atoms with Crippen LogP contribution in [-0.2, 0) is 26.2 Å². The third kappa shape index (κ3) is 8.11. The van der Waals surface area contributed by atoms with Crippen molar-refractivity contribution < 1.29 is 27.5 Å². The number of rotatable bonds is 14. The Kier molecular flexibility index (Phi) is 11.7. The van der Waals surface area contributed by atoms with Gasteiger partial charge in [0.2, 0.25) is 11.8 Å². The summed E-state index contributed by atoms with van der Waals surface area (Å²) in [5.41, 5.74) is 1.03. The standard InChI is InChI=1S/C34H43N3O6S/c1-4-30(34(39)35-27-14-8-6-9-15-27)36(24-26-20-22-28(42-3)23-21-26)33(38)25-37(31-18-12-13-19-32(31)43-5-2)44(40,41)29-16-10-7-11-17-29/h7,10-13,16-23,27,30H,4-6,8-9,14-15,24-25H2,1-3H3,(H,35,39). The van der Waals surface area contributed by atoms with E-state index in [0.29, 0.717) is 24.5 Å². The number of carbonyl (C=O) groups excluding carboxylic acids is 2. The molecule has 0 aliphatic heterocycles. The van der Waals surface area contributed by atoms with Crippen LogP contribution in [0.1, 0.15) is 57.9 Å². The fourth-order valence-electron chi connectivity index (χ4n) is 5.57. The molecule has 1 N–H and O–H groups in total. The van der Waals surface area contributed by atoms with Crippen molar-refractivity contribution in [3.8, 4) is 11.5 Å². The maximum absolute atomic E-state index is 14.4. The van der Waals surface area contributed by atoms with Crippen LogP contribution in [0.3, 0.4) is 0 Å². The first kappa shape index (κ1) is 32.9. The maximum atomic E-state index is 14.4. The zero-order chi connectivity index (χ0) is 31.5. The lowest BCUT2D eigenvalue weighted by Crippen LogP contribution is -2.54. The quantitative estimate of drug-likeness (QED) is 0.253. The number of nitrogens with zero attached hydrogens (tertiary/aromatic N) is 2. The van der Waals surface area contributed by atoms with E-state index in [4.69, 9.17) is 9.47 Å². The normalized spacial score (nSPS) is 14.3. The number of amides is 2. The van der Waals surface area contributed by atoms with Crippen molar-refractivity contribution in [2.75, 3.05) is 24.6 Å². The molecule has 236 valence electrons. The number of para-hydroxylation sites is 2. The van der Waals surface area contributed by atoms with Crippen molar-refractivity contribution in [2.45, 2.75) is 75.9 Å². The van der Waals surface area contributed by atoms with Crippen molar-refractivity contribution in [1.82, 2.24) is 10.2 Å². The van der Waals surface area contributed by atoms with E-state index >= 15 is 0 Å². The lowest BCUT2D eigenvalue weighted by molar-refractivity contribution is -0.140. The first-order valence-corrected chi connectivity index (χ1v) is 16.7. The smallest absolute Gasteiger partial charge is 0.264 e. The molecule has 1 aliphatic carbocycles. The lowest BCUT2D eigenvalue weighted by atomic mass is 9.95. The highest BCUT2D eigenvalue weighted by molar-refractivity contribution is 7.92. The molecule has 4 rings (SSSR count). The number of benzene rings is 3. The van der Waals surface area contributed by atoms with Crippen molar-refractivity contribution in [2.24, 2.45) is 0 Å². The van der Waals surface area contributed by atoms with Gasteiger partial charge in [-0.2, -0.15) is 0 Å². The van der Waals surface area contributed by atoms with Gasteiger partial charge in [0.25, 0.3) is 10.0 Å². The number of carbonyl (C=O) groups is 2. The van der Waals surface area contributed by atoms with Crippen LogP contribution >= 0.6 is 0 Å². The fourth-order valence-corrected chi connectivity index (χ4v) is 7.01. The summed E-state index contributed by atoms with van der Waals surface area (Å²) in [6.45, 7) is 3.58. The number of ether oxygens (including phenoxy) is 2. The van der Waals surface area contributed by atoms with Crippen LogP contribution < -0.4 is 19.1 Å². The number of methoxy groups -OCH3 is 1. The van der Waals surface area contributed by atoms with Crippen molar-refractivity contribution in [1.29, 1.82) is 0 Å². The summed E-state index contributed by atoms with van der Waals surface area (Å²) in [5, 5.41) is 3.17. The SMILES string of the molecule is CCOc1ccccc1N(CC(=O)N(Cc1ccc(OC)cc1)C(CC)C(=O)NC1CCCCC1)S(=O)(=O)c1ccccc1. The Bertz CT molecular complexity index is 1470. The molecule has 3 aromatic carbocycles. The number of hydrogen-bond donors (Lipinski definition) is 1. The second kappa shape index (κ2) is 15.6. The zero-order valence-electron chi connectivity index (χ0n) is 25.8. The molecule has 1 fully saturated rings. The Morgan fingerprint density at radius 1 is 0.909 bits per heavy atom. The van der Waals surface area contributed by atoms with Crippen LogP contribution in [0, 0.1) is 0 Å². The number of anilines is 1. The van der Waals surface area contributed by atoms with Gasteiger partial charge in [-0.15, -0.1) is 0 Å². The maximum Gasteiger partial charge on any atom is 0.264 e. The molecule has 3 aromatic rings.